The first-order valence-electron chi connectivity index (χ1n) is 5.91. The van der Waals surface area contributed by atoms with Gasteiger partial charge in [0.2, 0.25) is 0 Å². The van der Waals surface area contributed by atoms with Crippen LogP contribution >= 0.6 is 11.6 Å². The van der Waals surface area contributed by atoms with Gasteiger partial charge in [-0.05, 0) is 29.8 Å². The summed E-state index contributed by atoms with van der Waals surface area (Å²) < 4.78 is 0. The minimum absolute atomic E-state index is 0.0226. The van der Waals surface area contributed by atoms with Crippen LogP contribution in [0.5, 0.6) is 0 Å². The zero-order valence-corrected chi connectivity index (χ0v) is 11.4. The summed E-state index contributed by atoms with van der Waals surface area (Å²) in [5.41, 5.74) is 8.79. The highest BCUT2D eigenvalue weighted by Crippen LogP contribution is 2.27. The number of H-pyrrole nitrogens is 1. The Balaban J connectivity index is 2.09. The van der Waals surface area contributed by atoms with Crippen LogP contribution in [-0.2, 0) is 5.41 Å². The number of nitrogens with one attached hydrogen (secondary N) is 2. The number of aromatic amines is 1. The van der Waals surface area contributed by atoms with E-state index in [4.69, 9.17) is 17.3 Å². The number of benzene rings is 1. The van der Waals surface area contributed by atoms with Crippen molar-refractivity contribution in [3.63, 3.8) is 0 Å². The standard InChI is InChI=1S/C14H18ClN3/c1-14(2,10-5-6-17-8-10)9-18-13-7-11(15)3-4-12(13)16/h3-8,17-18H,9,16H2,1-2H3. The summed E-state index contributed by atoms with van der Waals surface area (Å²) in [5, 5.41) is 4.05. The quantitative estimate of drug-likeness (QED) is 0.738. The predicted molar refractivity (Wildman–Crippen MR) is 78.2 cm³/mol. The average Bonchev–Trinajstić information content (AvgIpc) is 2.85. The van der Waals surface area contributed by atoms with Crippen LogP contribution in [0.2, 0.25) is 5.02 Å². The van der Waals surface area contributed by atoms with E-state index in [1.807, 2.05) is 24.5 Å². The molecule has 0 bridgehead atoms. The number of aromatic nitrogens is 1. The molecule has 0 saturated heterocycles. The molecule has 0 amide bonds. The second-order valence-electron chi connectivity index (χ2n) is 5.07. The van der Waals surface area contributed by atoms with Crippen LogP contribution in [0.25, 0.3) is 0 Å². The molecule has 1 heterocycles. The number of nitrogens with two attached hydrogens (primary N) is 1. The van der Waals surface area contributed by atoms with E-state index in [0.717, 1.165) is 12.2 Å². The molecule has 2 aromatic rings. The molecule has 0 aliphatic carbocycles. The zero-order valence-electron chi connectivity index (χ0n) is 10.6. The van der Waals surface area contributed by atoms with Crippen molar-refractivity contribution >= 4 is 23.0 Å². The molecule has 0 spiro atoms. The Bertz CT molecular complexity index is 518. The molecule has 1 aromatic carbocycles. The molecular formula is C14H18ClN3. The van der Waals surface area contributed by atoms with E-state index in [1.54, 1.807) is 6.07 Å². The van der Waals surface area contributed by atoms with Gasteiger partial charge >= 0.3 is 0 Å². The van der Waals surface area contributed by atoms with Gasteiger partial charge in [-0.3, -0.25) is 0 Å². The summed E-state index contributed by atoms with van der Waals surface area (Å²) in [6, 6.07) is 7.54. The number of nitrogen functional groups attached to an aromatic ring is 1. The van der Waals surface area contributed by atoms with Crippen molar-refractivity contribution in [3.8, 4) is 0 Å². The molecule has 0 unspecified atom stereocenters. The summed E-state index contributed by atoms with van der Waals surface area (Å²) in [4.78, 5) is 3.08. The van der Waals surface area contributed by atoms with Crippen molar-refractivity contribution in [2.75, 3.05) is 17.6 Å². The highest BCUT2D eigenvalue weighted by Gasteiger charge is 2.20. The summed E-state index contributed by atoms with van der Waals surface area (Å²) in [6.45, 7) is 5.16. The molecule has 0 aliphatic rings. The second-order valence-corrected chi connectivity index (χ2v) is 5.51. The molecule has 0 atom stereocenters. The van der Waals surface area contributed by atoms with Crippen molar-refractivity contribution in [2.24, 2.45) is 0 Å². The van der Waals surface area contributed by atoms with E-state index in [0.29, 0.717) is 10.7 Å². The molecule has 18 heavy (non-hydrogen) atoms. The Hall–Kier alpha value is -1.61. The Morgan fingerprint density at radius 3 is 2.78 bits per heavy atom. The van der Waals surface area contributed by atoms with Gasteiger partial charge in [0.1, 0.15) is 0 Å². The Labute approximate surface area is 112 Å². The fourth-order valence-electron chi connectivity index (χ4n) is 1.84. The molecule has 0 radical (unpaired) electrons. The monoisotopic (exact) mass is 263 g/mol. The van der Waals surface area contributed by atoms with Crippen LogP contribution < -0.4 is 11.1 Å². The number of rotatable bonds is 4. The maximum Gasteiger partial charge on any atom is 0.0589 e. The van der Waals surface area contributed by atoms with Crippen molar-refractivity contribution in [2.45, 2.75) is 19.3 Å². The van der Waals surface area contributed by atoms with E-state index >= 15 is 0 Å². The van der Waals surface area contributed by atoms with E-state index in [1.165, 1.54) is 5.56 Å². The normalized spacial score (nSPS) is 11.5. The highest BCUT2D eigenvalue weighted by atomic mass is 35.5. The van der Waals surface area contributed by atoms with Gasteiger partial charge in [0.05, 0.1) is 11.4 Å². The third kappa shape index (κ3) is 2.79. The highest BCUT2D eigenvalue weighted by molar-refractivity contribution is 6.31. The van der Waals surface area contributed by atoms with Crippen LogP contribution in [0, 0.1) is 0 Å². The largest absolute Gasteiger partial charge is 0.397 e. The van der Waals surface area contributed by atoms with Crippen molar-refractivity contribution in [1.82, 2.24) is 4.98 Å². The maximum absolute atomic E-state index is 5.97. The van der Waals surface area contributed by atoms with Gasteiger partial charge < -0.3 is 16.0 Å². The Kier molecular flexibility index (Phi) is 3.53. The first kappa shape index (κ1) is 12.8. The molecule has 96 valence electrons. The number of anilines is 2. The lowest BCUT2D eigenvalue weighted by Crippen LogP contribution is -2.27. The zero-order chi connectivity index (χ0) is 13.2. The SMILES string of the molecule is CC(C)(CNc1cc(Cl)ccc1N)c1cc[nH]c1. The van der Waals surface area contributed by atoms with Gasteiger partial charge in [0.25, 0.3) is 0 Å². The Morgan fingerprint density at radius 1 is 1.33 bits per heavy atom. The van der Waals surface area contributed by atoms with Crippen LogP contribution in [0.1, 0.15) is 19.4 Å². The molecule has 4 heteroatoms. The maximum atomic E-state index is 5.97. The fourth-order valence-corrected chi connectivity index (χ4v) is 2.02. The first-order valence-corrected chi connectivity index (χ1v) is 6.29. The minimum Gasteiger partial charge on any atom is -0.397 e. The summed E-state index contributed by atoms with van der Waals surface area (Å²) in [5.74, 6) is 0. The number of halogens is 1. The molecule has 0 saturated carbocycles. The molecule has 3 nitrogen and oxygen atoms in total. The third-order valence-corrected chi connectivity index (χ3v) is 3.35. The topological polar surface area (TPSA) is 53.8 Å². The second kappa shape index (κ2) is 4.94. The lowest BCUT2D eigenvalue weighted by atomic mass is 9.86. The smallest absolute Gasteiger partial charge is 0.0589 e. The minimum atomic E-state index is 0.0226. The van der Waals surface area contributed by atoms with Crippen LogP contribution in [0.4, 0.5) is 11.4 Å². The molecular weight excluding hydrogens is 246 g/mol. The molecule has 2 rings (SSSR count). The van der Waals surface area contributed by atoms with Gasteiger partial charge in [0, 0.05) is 29.4 Å². The Morgan fingerprint density at radius 2 is 2.11 bits per heavy atom. The predicted octanol–water partition coefficient (Wildman–Crippen LogP) is 3.64. The van der Waals surface area contributed by atoms with E-state index in [2.05, 4.69) is 30.2 Å². The number of hydrogen-bond donors (Lipinski definition) is 3. The fraction of sp³-hybridized carbons (Fsp3) is 0.286. The van der Waals surface area contributed by atoms with Crippen molar-refractivity contribution in [1.29, 1.82) is 0 Å². The first-order chi connectivity index (χ1) is 8.49. The van der Waals surface area contributed by atoms with Gasteiger partial charge in [-0.2, -0.15) is 0 Å². The summed E-state index contributed by atoms with van der Waals surface area (Å²) in [6.07, 6.45) is 3.95. The van der Waals surface area contributed by atoms with E-state index < -0.39 is 0 Å². The van der Waals surface area contributed by atoms with Gasteiger partial charge in [-0.15, -0.1) is 0 Å². The lowest BCUT2D eigenvalue weighted by molar-refractivity contribution is 0.558. The van der Waals surface area contributed by atoms with Crippen molar-refractivity contribution < 1.29 is 0 Å². The van der Waals surface area contributed by atoms with Gasteiger partial charge in [-0.25, -0.2) is 0 Å². The van der Waals surface area contributed by atoms with E-state index in [9.17, 15) is 0 Å². The third-order valence-electron chi connectivity index (χ3n) is 3.12. The van der Waals surface area contributed by atoms with Gasteiger partial charge in [-0.1, -0.05) is 25.4 Å². The molecule has 0 aliphatic heterocycles. The average molecular weight is 264 g/mol. The van der Waals surface area contributed by atoms with Crippen molar-refractivity contribution in [3.05, 3.63) is 47.2 Å². The molecule has 4 N–H and O–H groups in total. The lowest BCUT2D eigenvalue weighted by Gasteiger charge is -2.25. The number of hydrogen-bond acceptors (Lipinski definition) is 2. The van der Waals surface area contributed by atoms with Crippen LogP contribution in [0.15, 0.2) is 36.7 Å². The summed E-state index contributed by atoms with van der Waals surface area (Å²) in [7, 11) is 0. The summed E-state index contributed by atoms with van der Waals surface area (Å²) >= 11 is 5.97. The van der Waals surface area contributed by atoms with Gasteiger partial charge in [0.15, 0.2) is 0 Å². The van der Waals surface area contributed by atoms with Crippen LogP contribution in [0.3, 0.4) is 0 Å². The molecule has 1 aromatic heterocycles. The van der Waals surface area contributed by atoms with Crippen LogP contribution in [-0.4, -0.2) is 11.5 Å². The van der Waals surface area contributed by atoms with E-state index in [-0.39, 0.29) is 5.41 Å². The molecule has 0 fully saturated rings.